The van der Waals surface area contributed by atoms with Crippen molar-refractivity contribution in [3.8, 4) is 0 Å². The summed E-state index contributed by atoms with van der Waals surface area (Å²) >= 11 is 3.38. The molecule has 1 amide bonds. The van der Waals surface area contributed by atoms with Crippen LogP contribution in [-0.2, 0) is 14.8 Å². The van der Waals surface area contributed by atoms with Gasteiger partial charge in [0.15, 0.2) is 5.52 Å². The number of carbonyl (C=O) groups excluding carboxylic acids is 1. The third kappa shape index (κ3) is 3.79. The Balaban J connectivity index is 1.47. The molecule has 1 fully saturated rings. The highest BCUT2D eigenvalue weighted by Gasteiger charge is 2.34. The second-order valence-electron chi connectivity index (χ2n) is 6.94. The summed E-state index contributed by atoms with van der Waals surface area (Å²) in [6.45, 7) is 0.545. The molecule has 29 heavy (non-hydrogen) atoms. The van der Waals surface area contributed by atoms with E-state index in [4.69, 9.17) is 0 Å². The number of anilines is 1. The van der Waals surface area contributed by atoms with Gasteiger partial charge in [0.25, 0.3) is 0 Å². The quantitative estimate of drug-likeness (QED) is 0.571. The Morgan fingerprint density at radius 1 is 1.14 bits per heavy atom. The number of amides is 1. The molecule has 1 aliphatic rings. The van der Waals surface area contributed by atoms with Crippen LogP contribution < -0.4 is 4.90 Å². The fourth-order valence-corrected chi connectivity index (χ4v) is 5.41. The SMILES string of the molecule is CN(C(=O)C1CCN(S(=O)(=O)c2cccc3nonc23)CC1)c1ccc(Br)cc1. The number of fused-ring (bicyclic) bond motifs is 1. The average molecular weight is 479 g/mol. The Bertz CT molecular complexity index is 1140. The number of sulfonamides is 1. The minimum atomic E-state index is -3.74. The molecule has 0 saturated carbocycles. The first-order valence-corrected chi connectivity index (χ1v) is 11.4. The number of halogens is 1. The molecule has 152 valence electrons. The van der Waals surface area contributed by atoms with Crippen LogP contribution in [0.2, 0.25) is 0 Å². The second-order valence-corrected chi connectivity index (χ2v) is 9.76. The Morgan fingerprint density at radius 3 is 2.52 bits per heavy atom. The van der Waals surface area contributed by atoms with Gasteiger partial charge < -0.3 is 4.90 Å². The molecule has 2 heterocycles. The van der Waals surface area contributed by atoms with Crippen molar-refractivity contribution in [2.45, 2.75) is 17.7 Å². The van der Waals surface area contributed by atoms with E-state index in [9.17, 15) is 13.2 Å². The van der Waals surface area contributed by atoms with Crippen molar-refractivity contribution in [1.29, 1.82) is 0 Å². The maximum Gasteiger partial charge on any atom is 0.245 e. The number of rotatable bonds is 4. The van der Waals surface area contributed by atoms with Crippen molar-refractivity contribution in [2.24, 2.45) is 5.92 Å². The van der Waals surface area contributed by atoms with Crippen LogP contribution in [0.3, 0.4) is 0 Å². The lowest BCUT2D eigenvalue weighted by atomic mass is 9.96. The van der Waals surface area contributed by atoms with Gasteiger partial charge in [0.2, 0.25) is 15.9 Å². The van der Waals surface area contributed by atoms with E-state index in [0.29, 0.717) is 18.4 Å². The summed E-state index contributed by atoms with van der Waals surface area (Å²) in [6, 6.07) is 12.3. The number of nitrogens with zero attached hydrogens (tertiary/aromatic N) is 4. The van der Waals surface area contributed by atoms with E-state index < -0.39 is 10.0 Å². The summed E-state index contributed by atoms with van der Waals surface area (Å²) in [5.74, 6) is -0.230. The predicted octanol–water partition coefficient (Wildman–Crippen LogP) is 3.05. The van der Waals surface area contributed by atoms with Gasteiger partial charge in [-0.25, -0.2) is 13.0 Å². The molecule has 0 aliphatic carbocycles. The zero-order chi connectivity index (χ0) is 20.6. The van der Waals surface area contributed by atoms with Crippen molar-refractivity contribution in [3.63, 3.8) is 0 Å². The zero-order valence-electron chi connectivity index (χ0n) is 15.7. The lowest BCUT2D eigenvalue weighted by Gasteiger charge is -2.32. The second kappa shape index (κ2) is 7.85. The van der Waals surface area contributed by atoms with Crippen LogP contribution in [0.5, 0.6) is 0 Å². The minimum absolute atomic E-state index is 0.00725. The van der Waals surface area contributed by atoms with Gasteiger partial charge in [-0.1, -0.05) is 22.0 Å². The van der Waals surface area contributed by atoms with E-state index in [1.807, 2.05) is 24.3 Å². The van der Waals surface area contributed by atoms with Crippen LogP contribution >= 0.6 is 15.9 Å². The van der Waals surface area contributed by atoms with Crippen LogP contribution in [0.1, 0.15) is 12.8 Å². The van der Waals surface area contributed by atoms with Gasteiger partial charge in [0.05, 0.1) is 0 Å². The van der Waals surface area contributed by atoms with Crippen molar-refractivity contribution < 1.29 is 17.8 Å². The molecule has 1 saturated heterocycles. The van der Waals surface area contributed by atoms with Gasteiger partial charge in [-0.15, -0.1) is 0 Å². The maximum atomic E-state index is 13.1. The summed E-state index contributed by atoms with van der Waals surface area (Å²) in [4.78, 5) is 14.6. The molecule has 10 heteroatoms. The topological polar surface area (TPSA) is 96.6 Å². The molecular weight excluding hydrogens is 460 g/mol. The highest BCUT2D eigenvalue weighted by Crippen LogP contribution is 2.29. The first kappa shape index (κ1) is 20.0. The highest BCUT2D eigenvalue weighted by molar-refractivity contribution is 9.10. The van der Waals surface area contributed by atoms with E-state index >= 15 is 0 Å². The number of hydrogen-bond donors (Lipinski definition) is 0. The summed E-state index contributed by atoms with van der Waals surface area (Å²) < 4.78 is 33.2. The number of hydrogen-bond acceptors (Lipinski definition) is 6. The number of piperidine rings is 1. The van der Waals surface area contributed by atoms with Crippen LogP contribution in [0.25, 0.3) is 11.0 Å². The van der Waals surface area contributed by atoms with Crippen LogP contribution in [0.4, 0.5) is 5.69 Å². The molecule has 0 radical (unpaired) electrons. The van der Waals surface area contributed by atoms with Gasteiger partial charge in [-0.3, -0.25) is 4.79 Å². The Morgan fingerprint density at radius 2 is 1.83 bits per heavy atom. The molecule has 0 spiro atoms. The van der Waals surface area contributed by atoms with E-state index in [2.05, 4.69) is 30.9 Å². The fraction of sp³-hybridized carbons (Fsp3) is 0.316. The van der Waals surface area contributed by atoms with Crippen molar-refractivity contribution >= 4 is 48.6 Å². The van der Waals surface area contributed by atoms with Gasteiger partial charge in [0, 0.05) is 36.2 Å². The third-order valence-electron chi connectivity index (χ3n) is 5.21. The van der Waals surface area contributed by atoms with Crippen LogP contribution in [-0.4, -0.2) is 49.1 Å². The van der Waals surface area contributed by atoms with E-state index in [0.717, 1.165) is 10.2 Å². The molecule has 1 aromatic heterocycles. The molecule has 8 nitrogen and oxygen atoms in total. The highest BCUT2D eigenvalue weighted by atomic mass is 79.9. The molecule has 0 atom stereocenters. The summed E-state index contributed by atoms with van der Waals surface area (Å²) in [5.41, 5.74) is 1.42. The van der Waals surface area contributed by atoms with Crippen LogP contribution in [0, 0.1) is 5.92 Å². The number of carbonyl (C=O) groups is 1. The summed E-state index contributed by atoms with van der Waals surface area (Å²) in [5, 5.41) is 7.43. The maximum absolute atomic E-state index is 13.1. The van der Waals surface area contributed by atoms with Gasteiger partial charge in [-0.2, -0.15) is 4.31 Å². The molecular formula is C19H19BrN4O4S. The van der Waals surface area contributed by atoms with Crippen molar-refractivity contribution in [1.82, 2.24) is 14.6 Å². The molecule has 3 aromatic rings. The first-order valence-electron chi connectivity index (χ1n) is 9.12. The molecule has 4 rings (SSSR count). The first-order chi connectivity index (χ1) is 13.9. The Hall–Kier alpha value is -2.30. The lowest BCUT2D eigenvalue weighted by Crippen LogP contribution is -2.43. The van der Waals surface area contributed by atoms with Gasteiger partial charge >= 0.3 is 0 Å². The Kier molecular flexibility index (Phi) is 5.41. The van der Waals surface area contributed by atoms with E-state index in [1.54, 1.807) is 24.1 Å². The number of aromatic nitrogens is 2. The summed E-state index contributed by atoms with van der Waals surface area (Å²) in [6.07, 6.45) is 0.929. The van der Waals surface area contributed by atoms with E-state index in [1.165, 1.54) is 10.4 Å². The van der Waals surface area contributed by atoms with Crippen molar-refractivity contribution in [2.75, 3.05) is 25.0 Å². The molecule has 0 bridgehead atoms. The molecule has 1 aliphatic heterocycles. The third-order valence-corrected chi connectivity index (χ3v) is 7.67. The minimum Gasteiger partial charge on any atom is -0.315 e. The largest absolute Gasteiger partial charge is 0.315 e. The monoisotopic (exact) mass is 478 g/mol. The fourth-order valence-electron chi connectivity index (χ4n) is 3.54. The summed E-state index contributed by atoms with van der Waals surface area (Å²) in [7, 11) is -2.00. The molecule has 0 unspecified atom stereocenters. The lowest BCUT2D eigenvalue weighted by molar-refractivity contribution is -0.123. The molecule has 2 aromatic carbocycles. The molecule has 0 N–H and O–H groups in total. The van der Waals surface area contributed by atoms with Gasteiger partial charge in [-0.05, 0) is 59.6 Å². The smallest absolute Gasteiger partial charge is 0.245 e. The standard InChI is InChI=1S/C19H19BrN4O4S/c1-23(15-7-5-14(20)6-8-15)19(25)13-9-11-24(12-10-13)29(26,27)17-4-2-3-16-18(17)22-28-21-16/h2-8,13H,9-12H2,1H3. The predicted molar refractivity (Wildman–Crippen MR) is 111 cm³/mol. The normalized spacial score (nSPS) is 16.2. The van der Waals surface area contributed by atoms with Crippen molar-refractivity contribution in [3.05, 3.63) is 46.9 Å². The zero-order valence-corrected chi connectivity index (χ0v) is 18.1. The van der Waals surface area contributed by atoms with Crippen LogP contribution in [0.15, 0.2) is 56.5 Å². The van der Waals surface area contributed by atoms with Gasteiger partial charge in [0.1, 0.15) is 10.4 Å². The Labute approximate surface area is 176 Å². The number of benzene rings is 2. The average Bonchev–Trinajstić information content (AvgIpc) is 3.22. The van der Waals surface area contributed by atoms with E-state index in [-0.39, 0.29) is 35.3 Å².